The van der Waals surface area contributed by atoms with Gasteiger partial charge >= 0.3 is 0 Å². The van der Waals surface area contributed by atoms with Crippen LogP contribution in [0.5, 0.6) is 5.75 Å². The van der Waals surface area contributed by atoms with E-state index in [-0.39, 0.29) is 5.91 Å². The number of nitrogens with zero attached hydrogens (tertiary/aromatic N) is 3. The van der Waals surface area contributed by atoms with Crippen molar-refractivity contribution in [3.05, 3.63) is 53.6 Å². The van der Waals surface area contributed by atoms with Crippen LogP contribution in [-0.2, 0) is 18.3 Å². The van der Waals surface area contributed by atoms with E-state index >= 15 is 0 Å². The maximum Gasteiger partial charge on any atom is 0.253 e. The quantitative estimate of drug-likeness (QED) is 0.865. The first-order valence-corrected chi connectivity index (χ1v) is 8.88. The minimum absolute atomic E-state index is 0.110. The van der Waals surface area contributed by atoms with Gasteiger partial charge in [0.25, 0.3) is 5.91 Å². The van der Waals surface area contributed by atoms with Crippen LogP contribution in [0.25, 0.3) is 6.08 Å². The maximum atomic E-state index is 12.9. The smallest absolute Gasteiger partial charge is 0.253 e. The molecule has 130 valence electrons. The monoisotopic (exact) mass is 337 g/mol. The highest BCUT2D eigenvalue weighted by Gasteiger charge is 2.28. The van der Waals surface area contributed by atoms with Gasteiger partial charge in [0.2, 0.25) is 0 Å². The van der Waals surface area contributed by atoms with E-state index in [1.807, 2.05) is 54.7 Å². The van der Waals surface area contributed by atoms with E-state index in [4.69, 9.17) is 4.74 Å². The molecule has 5 heteroatoms. The summed E-state index contributed by atoms with van der Waals surface area (Å²) < 4.78 is 7.81. The summed E-state index contributed by atoms with van der Waals surface area (Å²) in [6.07, 6.45) is 8.90. The van der Waals surface area contributed by atoms with Crippen LogP contribution in [0.1, 0.15) is 24.2 Å². The summed E-state index contributed by atoms with van der Waals surface area (Å²) in [6, 6.07) is 7.85. The Labute approximate surface area is 147 Å². The number of hydrogen-bond acceptors (Lipinski definition) is 3. The predicted molar refractivity (Wildman–Crippen MR) is 96.1 cm³/mol. The molecule has 1 fully saturated rings. The van der Waals surface area contributed by atoms with Gasteiger partial charge in [-0.05, 0) is 30.9 Å². The molecule has 5 nitrogen and oxygen atoms in total. The minimum Gasteiger partial charge on any atom is -0.488 e. The molecule has 1 amide bonds. The molecule has 2 aliphatic rings. The summed E-state index contributed by atoms with van der Waals surface area (Å²) in [5.41, 5.74) is 1.73. The van der Waals surface area contributed by atoms with Crippen molar-refractivity contribution in [3.8, 4) is 5.75 Å². The summed E-state index contributed by atoms with van der Waals surface area (Å²) >= 11 is 0. The summed E-state index contributed by atoms with van der Waals surface area (Å²) in [4.78, 5) is 19.3. The fourth-order valence-electron chi connectivity index (χ4n) is 3.71. The molecule has 3 heterocycles. The first kappa shape index (κ1) is 15.9. The van der Waals surface area contributed by atoms with E-state index in [2.05, 4.69) is 9.55 Å². The summed E-state index contributed by atoms with van der Waals surface area (Å²) in [7, 11) is 2.02. The lowest BCUT2D eigenvalue weighted by atomic mass is 9.93. The Kier molecular flexibility index (Phi) is 4.30. The van der Waals surface area contributed by atoms with Gasteiger partial charge in [0, 0.05) is 44.5 Å². The maximum absolute atomic E-state index is 12.9. The van der Waals surface area contributed by atoms with E-state index in [1.165, 1.54) is 0 Å². The zero-order valence-electron chi connectivity index (χ0n) is 14.5. The number of carbonyl (C=O) groups is 1. The summed E-state index contributed by atoms with van der Waals surface area (Å²) in [5.74, 6) is 2.52. The number of aryl methyl sites for hydroxylation is 1. The van der Waals surface area contributed by atoms with Crippen LogP contribution in [0.15, 0.2) is 42.2 Å². The van der Waals surface area contributed by atoms with Crippen LogP contribution in [0, 0.1) is 5.92 Å². The molecule has 1 atom stereocenters. The number of amides is 1. The highest BCUT2D eigenvalue weighted by Crippen LogP contribution is 2.28. The van der Waals surface area contributed by atoms with Crippen LogP contribution in [-0.4, -0.2) is 40.1 Å². The largest absolute Gasteiger partial charge is 0.488 e. The molecular weight excluding hydrogens is 314 g/mol. The van der Waals surface area contributed by atoms with Crippen LogP contribution >= 0.6 is 0 Å². The summed E-state index contributed by atoms with van der Waals surface area (Å²) in [6.45, 7) is 1.98. The Bertz CT molecular complexity index is 809. The number of imidazole rings is 1. The van der Waals surface area contributed by atoms with Gasteiger partial charge in [0.05, 0.1) is 5.57 Å². The van der Waals surface area contributed by atoms with Crippen LogP contribution in [0.4, 0.5) is 0 Å². The molecule has 0 aliphatic carbocycles. The van der Waals surface area contributed by atoms with Gasteiger partial charge in [0.1, 0.15) is 18.2 Å². The minimum atomic E-state index is 0.110. The molecule has 2 aromatic rings. The molecule has 1 aromatic heterocycles. The fraction of sp³-hybridized carbons (Fsp3) is 0.400. The van der Waals surface area contributed by atoms with Crippen molar-refractivity contribution in [2.75, 3.05) is 19.7 Å². The first-order chi connectivity index (χ1) is 12.2. The number of benzene rings is 1. The van der Waals surface area contributed by atoms with Crippen molar-refractivity contribution in [3.63, 3.8) is 0 Å². The molecule has 0 bridgehead atoms. The Balaban J connectivity index is 1.45. The fourth-order valence-corrected chi connectivity index (χ4v) is 3.71. The Hall–Kier alpha value is -2.56. The number of aromatic nitrogens is 2. The number of hydrogen-bond donors (Lipinski definition) is 0. The molecule has 0 N–H and O–H groups in total. The molecule has 0 saturated carbocycles. The second kappa shape index (κ2) is 6.75. The number of rotatable bonds is 3. The third kappa shape index (κ3) is 3.31. The lowest BCUT2D eigenvalue weighted by Gasteiger charge is -2.33. The van der Waals surface area contributed by atoms with Gasteiger partial charge in [-0.1, -0.05) is 18.2 Å². The van der Waals surface area contributed by atoms with Gasteiger partial charge in [-0.25, -0.2) is 4.98 Å². The van der Waals surface area contributed by atoms with Crippen LogP contribution in [0.3, 0.4) is 0 Å². The van der Waals surface area contributed by atoms with E-state index in [0.29, 0.717) is 12.5 Å². The molecule has 1 saturated heterocycles. The molecule has 25 heavy (non-hydrogen) atoms. The Morgan fingerprint density at radius 3 is 3.08 bits per heavy atom. The average molecular weight is 337 g/mol. The molecule has 4 rings (SSSR count). The highest BCUT2D eigenvalue weighted by atomic mass is 16.5. The molecular formula is C20H23N3O2. The molecule has 0 radical (unpaired) electrons. The number of piperidine rings is 1. The third-order valence-corrected chi connectivity index (χ3v) is 5.11. The zero-order chi connectivity index (χ0) is 17.2. The van der Waals surface area contributed by atoms with Crippen LogP contribution in [0.2, 0.25) is 0 Å². The van der Waals surface area contributed by atoms with E-state index in [1.54, 1.807) is 0 Å². The van der Waals surface area contributed by atoms with Crippen molar-refractivity contribution >= 4 is 12.0 Å². The van der Waals surface area contributed by atoms with Crippen LogP contribution < -0.4 is 4.74 Å². The standard InChI is InChI=1S/C20H23N3O2/c1-22-10-8-21-19(22)11-15-5-4-9-23(13-15)20(24)17-12-16-6-2-3-7-18(16)25-14-17/h2-3,6-8,10,12,15H,4-5,9,11,13-14H2,1H3. The lowest BCUT2D eigenvalue weighted by Crippen LogP contribution is -2.42. The highest BCUT2D eigenvalue weighted by molar-refractivity contribution is 5.99. The second-order valence-corrected chi connectivity index (χ2v) is 6.91. The topological polar surface area (TPSA) is 47.4 Å². The third-order valence-electron chi connectivity index (χ3n) is 5.11. The molecule has 1 aromatic carbocycles. The SMILES string of the molecule is Cn1ccnc1CC1CCCN(C(=O)C2=Cc3ccccc3OC2)C1. The van der Waals surface area contributed by atoms with Crippen molar-refractivity contribution in [2.45, 2.75) is 19.3 Å². The molecule has 2 aliphatic heterocycles. The van der Waals surface area contributed by atoms with Crippen molar-refractivity contribution in [1.29, 1.82) is 0 Å². The first-order valence-electron chi connectivity index (χ1n) is 8.88. The van der Waals surface area contributed by atoms with Gasteiger partial charge in [-0.3, -0.25) is 4.79 Å². The number of fused-ring (bicyclic) bond motifs is 1. The zero-order valence-corrected chi connectivity index (χ0v) is 14.5. The second-order valence-electron chi connectivity index (χ2n) is 6.91. The van der Waals surface area contributed by atoms with Crippen molar-refractivity contribution in [1.82, 2.24) is 14.5 Å². The number of carbonyl (C=O) groups excluding carboxylic acids is 1. The number of ether oxygens (including phenoxy) is 1. The number of para-hydroxylation sites is 1. The predicted octanol–water partition coefficient (Wildman–Crippen LogP) is 2.68. The lowest BCUT2D eigenvalue weighted by molar-refractivity contribution is -0.129. The van der Waals surface area contributed by atoms with Gasteiger partial charge < -0.3 is 14.2 Å². The van der Waals surface area contributed by atoms with E-state index in [9.17, 15) is 4.79 Å². The molecule has 0 spiro atoms. The van der Waals surface area contributed by atoms with E-state index < -0.39 is 0 Å². The molecule has 1 unspecified atom stereocenters. The van der Waals surface area contributed by atoms with Gasteiger partial charge in [-0.15, -0.1) is 0 Å². The summed E-state index contributed by atoms with van der Waals surface area (Å²) in [5, 5.41) is 0. The number of likely N-dealkylation sites (tertiary alicyclic amines) is 1. The van der Waals surface area contributed by atoms with E-state index in [0.717, 1.165) is 55.1 Å². The van der Waals surface area contributed by atoms with Gasteiger partial charge in [-0.2, -0.15) is 0 Å². The average Bonchev–Trinajstić information content (AvgIpc) is 3.05. The Morgan fingerprint density at radius 2 is 2.24 bits per heavy atom. The van der Waals surface area contributed by atoms with Crippen molar-refractivity contribution in [2.24, 2.45) is 13.0 Å². The Morgan fingerprint density at radius 1 is 1.36 bits per heavy atom. The van der Waals surface area contributed by atoms with Crippen molar-refractivity contribution < 1.29 is 9.53 Å². The van der Waals surface area contributed by atoms with Gasteiger partial charge in [0.15, 0.2) is 0 Å². The normalized spacial score (nSPS) is 19.8.